The monoisotopic (exact) mass is 437 g/mol. The molecule has 0 aromatic heterocycles. The second-order valence-electron chi connectivity index (χ2n) is 7.73. The number of aliphatic hydroxyl groups excluding tert-OH is 1. The molecule has 0 saturated carbocycles. The van der Waals surface area contributed by atoms with E-state index in [4.69, 9.17) is 0 Å². The first-order chi connectivity index (χ1) is 15.3. The quantitative estimate of drug-likeness (QED) is 0.222. The van der Waals surface area contributed by atoms with E-state index in [1.54, 1.807) is 12.1 Å². The Morgan fingerprint density at radius 3 is 2.19 bits per heavy atom. The minimum atomic E-state index is -0.826. The van der Waals surface area contributed by atoms with Gasteiger partial charge in [0.05, 0.1) is 16.5 Å². The molecule has 3 rings (SSSR count). The van der Waals surface area contributed by atoms with E-state index >= 15 is 0 Å². The largest absolute Gasteiger partial charge is 0.507 e. The molecule has 2 aromatic carbocycles. The fourth-order valence-corrected chi connectivity index (χ4v) is 3.89. The van der Waals surface area contributed by atoms with Crippen molar-refractivity contribution in [3.05, 3.63) is 80.9 Å². The molecule has 0 aliphatic carbocycles. The zero-order chi connectivity index (χ0) is 23.4. The molecule has 1 amide bonds. The second kappa shape index (κ2) is 9.74. The Morgan fingerprint density at radius 1 is 1.06 bits per heavy atom. The van der Waals surface area contributed by atoms with Gasteiger partial charge in [0.1, 0.15) is 5.76 Å². The maximum Gasteiger partial charge on any atom is 0.295 e. The van der Waals surface area contributed by atoms with Crippen LogP contribution in [0.2, 0.25) is 0 Å². The van der Waals surface area contributed by atoms with Crippen LogP contribution in [0.5, 0.6) is 0 Å². The van der Waals surface area contributed by atoms with Crippen molar-refractivity contribution in [1.82, 2.24) is 9.80 Å². The lowest BCUT2D eigenvalue weighted by atomic mass is 9.95. The van der Waals surface area contributed by atoms with E-state index in [9.17, 15) is 24.8 Å². The van der Waals surface area contributed by atoms with Crippen molar-refractivity contribution < 1.29 is 19.6 Å². The van der Waals surface area contributed by atoms with Crippen LogP contribution in [0.25, 0.3) is 5.76 Å². The third-order valence-electron chi connectivity index (χ3n) is 5.84. The van der Waals surface area contributed by atoms with Crippen LogP contribution in [0.3, 0.4) is 0 Å². The van der Waals surface area contributed by atoms with E-state index in [-0.39, 0.29) is 17.0 Å². The predicted octanol–water partition coefficient (Wildman–Crippen LogP) is 3.67. The van der Waals surface area contributed by atoms with Gasteiger partial charge in [-0.1, -0.05) is 43.7 Å². The summed E-state index contributed by atoms with van der Waals surface area (Å²) >= 11 is 0. The number of likely N-dealkylation sites (N-methyl/N-ethyl adjacent to an activating group) is 1. The number of rotatable bonds is 8. The number of Topliss-reactive ketones (excluding diaryl/α,β-unsaturated/α-hetero) is 1. The lowest BCUT2D eigenvalue weighted by Gasteiger charge is -2.28. The fraction of sp³-hybridized carbons (Fsp3) is 0.333. The molecule has 1 N–H and O–H groups in total. The molecule has 0 unspecified atom stereocenters. The number of nitro groups is 1. The predicted molar refractivity (Wildman–Crippen MR) is 121 cm³/mol. The molecule has 8 nitrogen and oxygen atoms in total. The molecule has 2 aromatic rings. The summed E-state index contributed by atoms with van der Waals surface area (Å²) in [7, 11) is 0. The lowest BCUT2D eigenvalue weighted by Crippen LogP contribution is -2.38. The number of hydrogen-bond donors (Lipinski definition) is 1. The minimum Gasteiger partial charge on any atom is -0.507 e. The number of non-ortho nitro benzene ring substituents is 1. The van der Waals surface area contributed by atoms with Crippen LogP contribution < -0.4 is 0 Å². The average Bonchev–Trinajstić information content (AvgIpc) is 3.04. The van der Waals surface area contributed by atoms with Crippen molar-refractivity contribution in [2.45, 2.75) is 26.8 Å². The third kappa shape index (κ3) is 4.55. The highest BCUT2D eigenvalue weighted by molar-refractivity contribution is 6.46. The summed E-state index contributed by atoms with van der Waals surface area (Å²) in [6, 6.07) is 11.9. The number of hydrogen-bond acceptors (Lipinski definition) is 6. The smallest absolute Gasteiger partial charge is 0.295 e. The summed E-state index contributed by atoms with van der Waals surface area (Å²) in [5.41, 5.74) is 1.86. The molecular formula is C24H27N3O5. The number of ketones is 1. The summed E-state index contributed by atoms with van der Waals surface area (Å²) in [5, 5.41) is 22.1. The first-order valence-electron chi connectivity index (χ1n) is 10.6. The van der Waals surface area contributed by atoms with Crippen LogP contribution in [-0.4, -0.2) is 57.7 Å². The summed E-state index contributed by atoms with van der Waals surface area (Å²) in [4.78, 5) is 40.1. The molecule has 168 valence electrons. The van der Waals surface area contributed by atoms with Crippen LogP contribution in [0, 0.1) is 17.0 Å². The highest BCUT2D eigenvalue weighted by Gasteiger charge is 2.46. The number of nitro benzene ring substituents is 1. The summed E-state index contributed by atoms with van der Waals surface area (Å²) in [6.07, 6.45) is 0. The SMILES string of the molecule is CCN(CC)CCN1C(=O)C(=O)/C(=C(/O)c2ccc(C)cc2)[C@H]1c1ccc([N+](=O)[O-])cc1. The Bertz CT molecular complexity index is 1040. The number of likely N-dealkylation sites (tertiary alicyclic amines) is 1. The zero-order valence-electron chi connectivity index (χ0n) is 18.4. The van der Waals surface area contributed by atoms with Gasteiger partial charge in [0.25, 0.3) is 17.4 Å². The van der Waals surface area contributed by atoms with E-state index in [0.717, 1.165) is 18.7 Å². The van der Waals surface area contributed by atoms with E-state index in [2.05, 4.69) is 4.90 Å². The first-order valence-corrected chi connectivity index (χ1v) is 10.6. The molecule has 0 bridgehead atoms. The second-order valence-corrected chi connectivity index (χ2v) is 7.73. The fourth-order valence-electron chi connectivity index (χ4n) is 3.89. The number of benzene rings is 2. The molecule has 1 fully saturated rings. The van der Waals surface area contributed by atoms with Gasteiger partial charge in [0.15, 0.2) is 0 Å². The molecule has 8 heteroatoms. The van der Waals surface area contributed by atoms with Crippen molar-refractivity contribution in [2.75, 3.05) is 26.2 Å². The number of carbonyl (C=O) groups excluding carboxylic acids is 2. The van der Waals surface area contributed by atoms with Gasteiger partial charge in [-0.05, 0) is 37.7 Å². The van der Waals surface area contributed by atoms with E-state index in [1.165, 1.54) is 29.2 Å². The number of amides is 1. The first kappa shape index (κ1) is 23.1. The number of carbonyl (C=O) groups is 2. The topological polar surface area (TPSA) is 104 Å². The van der Waals surface area contributed by atoms with Gasteiger partial charge >= 0.3 is 0 Å². The molecule has 0 spiro atoms. The van der Waals surface area contributed by atoms with Crippen LogP contribution in [0.15, 0.2) is 54.1 Å². The van der Waals surface area contributed by atoms with Crippen molar-refractivity contribution in [1.29, 1.82) is 0 Å². The third-order valence-corrected chi connectivity index (χ3v) is 5.84. The summed E-state index contributed by atoms with van der Waals surface area (Å²) < 4.78 is 0. The molecule has 1 heterocycles. The molecule has 32 heavy (non-hydrogen) atoms. The highest BCUT2D eigenvalue weighted by Crippen LogP contribution is 2.39. The maximum atomic E-state index is 13.0. The Hall–Kier alpha value is -3.52. The Labute approximate surface area is 186 Å². The lowest BCUT2D eigenvalue weighted by molar-refractivity contribution is -0.384. The van der Waals surface area contributed by atoms with Crippen LogP contribution in [-0.2, 0) is 9.59 Å². The minimum absolute atomic E-state index is 0.00717. The zero-order valence-corrected chi connectivity index (χ0v) is 18.4. The van der Waals surface area contributed by atoms with Gasteiger partial charge in [-0.25, -0.2) is 0 Å². The van der Waals surface area contributed by atoms with Crippen molar-refractivity contribution in [2.24, 2.45) is 0 Å². The van der Waals surface area contributed by atoms with Gasteiger partial charge in [0.2, 0.25) is 0 Å². The van der Waals surface area contributed by atoms with Gasteiger partial charge in [-0.15, -0.1) is 0 Å². The van der Waals surface area contributed by atoms with Crippen molar-refractivity contribution in [3.63, 3.8) is 0 Å². The van der Waals surface area contributed by atoms with E-state index < -0.39 is 22.7 Å². The summed E-state index contributed by atoms with van der Waals surface area (Å²) in [6.45, 7) is 8.39. The van der Waals surface area contributed by atoms with E-state index in [1.807, 2.05) is 32.9 Å². The molecule has 1 saturated heterocycles. The molecular weight excluding hydrogens is 410 g/mol. The molecule has 1 aliphatic heterocycles. The van der Waals surface area contributed by atoms with Crippen LogP contribution in [0.1, 0.15) is 36.6 Å². The van der Waals surface area contributed by atoms with Gasteiger partial charge in [0, 0.05) is 30.8 Å². The Kier molecular flexibility index (Phi) is 7.05. The Morgan fingerprint density at radius 2 is 1.66 bits per heavy atom. The number of aliphatic hydroxyl groups is 1. The van der Waals surface area contributed by atoms with Gasteiger partial charge < -0.3 is 14.9 Å². The number of nitrogens with zero attached hydrogens (tertiary/aromatic N) is 3. The van der Waals surface area contributed by atoms with Gasteiger partial charge in [-0.3, -0.25) is 19.7 Å². The summed E-state index contributed by atoms with van der Waals surface area (Å²) in [5.74, 6) is -1.70. The molecule has 1 aliphatic rings. The van der Waals surface area contributed by atoms with Crippen LogP contribution >= 0.6 is 0 Å². The highest BCUT2D eigenvalue weighted by atomic mass is 16.6. The standard InChI is InChI=1S/C24H27N3O5/c1-4-25(5-2)14-15-26-21(17-10-12-19(13-11-17)27(31)32)20(23(29)24(26)30)22(28)18-8-6-16(3)7-9-18/h6-13,21,28H,4-5,14-15H2,1-3H3/b22-20+/t21-/m1/s1. The average molecular weight is 437 g/mol. The maximum absolute atomic E-state index is 13.0. The van der Waals surface area contributed by atoms with Crippen LogP contribution in [0.4, 0.5) is 5.69 Å². The Balaban J connectivity index is 2.10. The van der Waals surface area contributed by atoms with E-state index in [0.29, 0.717) is 24.2 Å². The van der Waals surface area contributed by atoms with Crippen molar-refractivity contribution >= 4 is 23.1 Å². The van der Waals surface area contributed by atoms with Crippen molar-refractivity contribution in [3.8, 4) is 0 Å². The molecule has 0 radical (unpaired) electrons. The number of aryl methyl sites for hydroxylation is 1. The van der Waals surface area contributed by atoms with Gasteiger partial charge in [-0.2, -0.15) is 0 Å². The molecule has 1 atom stereocenters. The normalized spacial score (nSPS) is 17.9.